The van der Waals surface area contributed by atoms with Gasteiger partial charge in [0.25, 0.3) is 0 Å². The summed E-state index contributed by atoms with van der Waals surface area (Å²) in [5.41, 5.74) is 1.94. The van der Waals surface area contributed by atoms with Gasteiger partial charge in [0.1, 0.15) is 17.9 Å². The van der Waals surface area contributed by atoms with Crippen molar-refractivity contribution in [3.8, 4) is 17.0 Å². The number of likely N-dealkylation sites (tertiary alicyclic amines) is 1. The van der Waals surface area contributed by atoms with Gasteiger partial charge in [-0.2, -0.15) is 0 Å². The minimum Gasteiger partial charge on any atom is -0.497 e. The summed E-state index contributed by atoms with van der Waals surface area (Å²) in [7, 11) is 1.66. The highest BCUT2D eigenvalue weighted by molar-refractivity contribution is 5.79. The molecule has 142 valence electrons. The highest BCUT2D eigenvalue weighted by Crippen LogP contribution is 2.27. The van der Waals surface area contributed by atoms with Crippen LogP contribution >= 0.6 is 0 Å². The van der Waals surface area contributed by atoms with Crippen molar-refractivity contribution < 1.29 is 9.53 Å². The number of carbonyl (C=O) groups excluding carboxylic acids is 1. The van der Waals surface area contributed by atoms with E-state index in [2.05, 4.69) is 14.9 Å². The average Bonchev–Trinajstić information content (AvgIpc) is 3.28. The molecule has 1 aromatic carbocycles. The van der Waals surface area contributed by atoms with Crippen LogP contribution < -0.4 is 9.64 Å². The zero-order chi connectivity index (χ0) is 18.6. The van der Waals surface area contributed by atoms with Crippen LogP contribution in [-0.2, 0) is 4.79 Å². The van der Waals surface area contributed by atoms with Crippen LogP contribution in [0.4, 0.5) is 5.82 Å². The SMILES string of the molecule is COc1ccc(-c2cc(N3CCC(C(=O)N4CCCC4)CC3)ncn2)cc1. The van der Waals surface area contributed by atoms with E-state index in [4.69, 9.17) is 4.74 Å². The van der Waals surface area contributed by atoms with E-state index < -0.39 is 0 Å². The normalized spacial score (nSPS) is 18.0. The van der Waals surface area contributed by atoms with E-state index in [0.717, 1.165) is 74.7 Å². The fraction of sp³-hybridized carbons (Fsp3) is 0.476. The summed E-state index contributed by atoms with van der Waals surface area (Å²) in [4.78, 5) is 25.8. The van der Waals surface area contributed by atoms with Crippen LogP contribution in [0.1, 0.15) is 25.7 Å². The Morgan fingerprint density at radius 1 is 1.04 bits per heavy atom. The van der Waals surface area contributed by atoms with Crippen LogP contribution in [0, 0.1) is 5.92 Å². The van der Waals surface area contributed by atoms with E-state index in [1.54, 1.807) is 13.4 Å². The molecule has 1 amide bonds. The maximum Gasteiger partial charge on any atom is 0.225 e. The standard InChI is InChI=1S/C21H26N4O2/c1-27-18-6-4-16(5-7-18)19-14-20(23-15-22-19)24-12-8-17(9-13-24)21(26)25-10-2-3-11-25/h4-7,14-15,17H,2-3,8-13H2,1H3. The molecule has 2 aliphatic rings. The molecule has 3 heterocycles. The molecule has 0 atom stereocenters. The van der Waals surface area contributed by atoms with Crippen LogP contribution in [-0.4, -0.2) is 54.1 Å². The molecule has 0 aliphatic carbocycles. The molecule has 4 rings (SSSR count). The molecule has 27 heavy (non-hydrogen) atoms. The van der Waals surface area contributed by atoms with E-state index in [1.807, 2.05) is 35.2 Å². The van der Waals surface area contributed by atoms with Crippen LogP contribution in [0.2, 0.25) is 0 Å². The summed E-state index contributed by atoms with van der Waals surface area (Å²) < 4.78 is 5.22. The van der Waals surface area contributed by atoms with Crippen molar-refractivity contribution in [1.29, 1.82) is 0 Å². The predicted octanol–water partition coefficient (Wildman–Crippen LogP) is 2.99. The van der Waals surface area contributed by atoms with Gasteiger partial charge in [0, 0.05) is 43.7 Å². The molecular formula is C21H26N4O2. The van der Waals surface area contributed by atoms with Gasteiger partial charge in [-0.05, 0) is 49.9 Å². The molecule has 2 fully saturated rings. The van der Waals surface area contributed by atoms with Crippen molar-refractivity contribution in [2.24, 2.45) is 5.92 Å². The lowest BCUT2D eigenvalue weighted by molar-refractivity contribution is -0.135. The molecule has 0 unspecified atom stereocenters. The largest absolute Gasteiger partial charge is 0.497 e. The Labute approximate surface area is 160 Å². The third kappa shape index (κ3) is 3.89. The third-order valence-electron chi connectivity index (χ3n) is 5.62. The fourth-order valence-corrected chi connectivity index (χ4v) is 3.99. The summed E-state index contributed by atoms with van der Waals surface area (Å²) >= 11 is 0. The number of benzene rings is 1. The van der Waals surface area contributed by atoms with E-state index in [1.165, 1.54) is 0 Å². The van der Waals surface area contributed by atoms with E-state index in [9.17, 15) is 4.79 Å². The second kappa shape index (κ2) is 7.94. The summed E-state index contributed by atoms with van der Waals surface area (Å²) in [6.45, 7) is 3.61. The molecule has 0 radical (unpaired) electrons. The Bertz CT molecular complexity index is 779. The Morgan fingerprint density at radius 2 is 1.74 bits per heavy atom. The number of ether oxygens (including phenoxy) is 1. The Morgan fingerprint density at radius 3 is 2.41 bits per heavy atom. The number of amides is 1. The average molecular weight is 366 g/mol. The first kappa shape index (κ1) is 17.8. The van der Waals surface area contributed by atoms with Gasteiger partial charge in [-0.15, -0.1) is 0 Å². The van der Waals surface area contributed by atoms with E-state index >= 15 is 0 Å². The number of anilines is 1. The van der Waals surface area contributed by atoms with Gasteiger partial charge in [-0.3, -0.25) is 4.79 Å². The highest BCUT2D eigenvalue weighted by atomic mass is 16.5. The van der Waals surface area contributed by atoms with Crippen LogP contribution in [0.5, 0.6) is 5.75 Å². The molecule has 2 aliphatic heterocycles. The monoisotopic (exact) mass is 366 g/mol. The number of hydrogen-bond acceptors (Lipinski definition) is 5. The summed E-state index contributed by atoms with van der Waals surface area (Å²) in [5.74, 6) is 2.29. The number of methoxy groups -OCH3 is 1. The van der Waals surface area contributed by atoms with Crippen LogP contribution in [0.25, 0.3) is 11.3 Å². The van der Waals surface area contributed by atoms with Gasteiger partial charge in [-0.25, -0.2) is 9.97 Å². The van der Waals surface area contributed by atoms with Crippen LogP contribution in [0.3, 0.4) is 0 Å². The fourth-order valence-electron chi connectivity index (χ4n) is 3.99. The predicted molar refractivity (Wildman–Crippen MR) is 105 cm³/mol. The quantitative estimate of drug-likeness (QED) is 0.833. The van der Waals surface area contributed by atoms with E-state index in [0.29, 0.717) is 5.91 Å². The number of rotatable bonds is 4. The first-order chi connectivity index (χ1) is 13.2. The van der Waals surface area contributed by atoms with Crippen molar-refractivity contribution in [2.45, 2.75) is 25.7 Å². The maximum absolute atomic E-state index is 12.6. The lowest BCUT2D eigenvalue weighted by Crippen LogP contribution is -2.41. The maximum atomic E-state index is 12.6. The summed E-state index contributed by atoms with van der Waals surface area (Å²) in [6, 6.07) is 9.92. The number of carbonyl (C=O) groups is 1. The highest BCUT2D eigenvalue weighted by Gasteiger charge is 2.30. The molecule has 2 saturated heterocycles. The summed E-state index contributed by atoms with van der Waals surface area (Å²) in [6.07, 6.45) is 5.73. The summed E-state index contributed by atoms with van der Waals surface area (Å²) in [5, 5.41) is 0. The number of hydrogen-bond donors (Lipinski definition) is 0. The van der Waals surface area contributed by atoms with Crippen molar-refractivity contribution >= 4 is 11.7 Å². The number of aromatic nitrogens is 2. The second-order valence-corrected chi connectivity index (χ2v) is 7.28. The Hall–Kier alpha value is -2.63. The van der Waals surface area contributed by atoms with Crippen molar-refractivity contribution in [3.63, 3.8) is 0 Å². The molecule has 0 N–H and O–H groups in total. The van der Waals surface area contributed by atoms with Crippen molar-refractivity contribution in [3.05, 3.63) is 36.7 Å². The van der Waals surface area contributed by atoms with Crippen molar-refractivity contribution in [1.82, 2.24) is 14.9 Å². The zero-order valence-corrected chi connectivity index (χ0v) is 15.8. The van der Waals surface area contributed by atoms with Gasteiger partial charge in [0.2, 0.25) is 5.91 Å². The molecule has 2 aromatic rings. The Kier molecular flexibility index (Phi) is 5.23. The van der Waals surface area contributed by atoms with Gasteiger partial charge in [0.15, 0.2) is 0 Å². The second-order valence-electron chi connectivity index (χ2n) is 7.28. The van der Waals surface area contributed by atoms with Crippen molar-refractivity contribution in [2.75, 3.05) is 38.2 Å². The zero-order valence-electron chi connectivity index (χ0n) is 15.8. The van der Waals surface area contributed by atoms with Gasteiger partial charge >= 0.3 is 0 Å². The van der Waals surface area contributed by atoms with Gasteiger partial charge in [0.05, 0.1) is 12.8 Å². The van der Waals surface area contributed by atoms with Gasteiger partial charge < -0.3 is 14.5 Å². The minimum absolute atomic E-state index is 0.169. The molecule has 0 bridgehead atoms. The molecule has 6 nitrogen and oxygen atoms in total. The third-order valence-corrected chi connectivity index (χ3v) is 5.62. The molecule has 1 aromatic heterocycles. The molecule has 0 spiro atoms. The molecular weight excluding hydrogens is 340 g/mol. The first-order valence-electron chi connectivity index (χ1n) is 9.75. The molecule has 0 saturated carbocycles. The topological polar surface area (TPSA) is 58.6 Å². The number of piperidine rings is 1. The Balaban J connectivity index is 1.41. The van der Waals surface area contributed by atoms with E-state index in [-0.39, 0.29) is 5.92 Å². The number of nitrogens with zero attached hydrogens (tertiary/aromatic N) is 4. The smallest absolute Gasteiger partial charge is 0.225 e. The minimum atomic E-state index is 0.169. The lowest BCUT2D eigenvalue weighted by Gasteiger charge is -2.33. The lowest BCUT2D eigenvalue weighted by atomic mass is 9.95. The molecule has 6 heteroatoms. The van der Waals surface area contributed by atoms with Gasteiger partial charge in [-0.1, -0.05) is 0 Å². The first-order valence-corrected chi connectivity index (χ1v) is 9.75. The van der Waals surface area contributed by atoms with Crippen LogP contribution in [0.15, 0.2) is 36.7 Å².